The van der Waals surface area contributed by atoms with Crippen LogP contribution in [-0.4, -0.2) is 0 Å². The molecule has 0 spiro atoms. The van der Waals surface area contributed by atoms with Gasteiger partial charge in [-0.15, -0.1) is 0 Å². The van der Waals surface area contributed by atoms with Crippen molar-refractivity contribution >= 4 is 44.3 Å². The van der Waals surface area contributed by atoms with E-state index in [1.807, 2.05) is 36.4 Å². The van der Waals surface area contributed by atoms with Gasteiger partial charge in [0, 0.05) is 5.39 Å². The summed E-state index contributed by atoms with van der Waals surface area (Å²) in [5, 5.41) is 2.58. The molecule has 0 aliphatic rings. The summed E-state index contributed by atoms with van der Waals surface area (Å²) in [5.74, 6) is 0. The van der Waals surface area contributed by atoms with Gasteiger partial charge in [0.2, 0.25) is 0 Å². The zero-order valence-electron chi connectivity index (χ0n) is 8.24. The molecule has 1 heterocycles. The Balaban J connectivity index is 2.70. The Morgan fingerprint density at radius 1 is 0.875 bits per heavy atom. The van der Waals surface area contributed by atoms with Crippen molar-refractivity contribution in [2.75, 3.05) is 0 Å². The van der Waals surface area contributed by atoms with Crippen LogP contribution in [-0.2, 0) is 0 Å². The Morgan fingerprint density at radius 2 is 1.56 bits per heavy atom. The van der Waals surface area contributed by atoms with Crippen molar-refractivity contribution in [3.8, 4) is 0 Å². The first-order valence-electron chi connectivity index (χ1n) is 4.87. The van der Waals surface area contributed by atoms with Crippen LogP contribution < -0.4 is 5.63 Å². The Kier molecular flexibility index (Phi) is 2.21. The fraction of sp³-hybridized carbons (Fsp3) is 0. The molecule has 0 bridgehead atoms. The van der Waals surface area contributed by atoms with E-state index in [2.05, 4.69) is 22.6 Å². The normalized spacial score (nSPS) is 11.1. The minimum absolute atomic E-state index is 0.271. The zero-order valence-corrected chi connectivity index (χ0v) is 10.4. The second kappa shape index (κ2) is 3.59. The summed E-state index contributed by atoms with van der Waals surface area (Å²) in [6.07, 6.45) is 0. The standard InChI is InChI=1S/C13H7IO2/c14-11-7-3-6-9-8-4-1-2-5-10(8)13(15)16-12(9)11/h1-7H. The molecule has 3 aromatic rings. The largest absolute Gasteiger partial charge is 0.421 e. The zero-order chi connectivity index (χ0) is 11.1. The maximum Gasteiger partial charge on any atom is 0.344 e. The minimum atomic E-state index is -0.271. The molecule has 16 heavy (non-hydrogen) atoms. The van der Waals surface area contributed by atoms with Crippen LogP contribution >= 0.6 is 22.6 Å². The van der Waals surface area contributed by atoms with Crippen molar-refractivity contribution in [2.24, 2.45) is 0 Å². The topological polar surface area (TPSA) is 30.2 Å². The predicted octanol–water partition coefficient (Wildman–Crippen LogP) is 3.55. The highest BCUT2D eigenvalue weighted by molar-refractivity contribution is 14.1. The van der Waals surface area contributed by atoms with E-state index in [-0.39, 0.29) is 5.63 Å². The van der Waals surface area contributed by atoms with Gasteiger partial charge < -0.3 is 4.42 Å². The van der Waals surface area contributed by atoms with E-state index in [0.717, 1.165) is 14.3 Å². The van der Waals surface area contributed by atoms with Crippen molar-refractivity contribution in [3.63, 3.8) is 0 Å². The summed E-state index contributed by atoms with van der Waals surface area (Å²) in [5.41, 5.74) is 0.402. The quantitative estimate of drug-likeness (QED) is 0.360. The Hall–Kier alpha value is -1.36. The fourth-order valence-electron chi connectivity index (χ4n) is 1.87. The van der Waals surface area contributed by atoms with E-state index < -0.39 is 0 Å². The average molecular weight is 322 g/mol. The molecule has 3 heteroatoms. The molecule has 0 amide bonds. The Bertz CT molecular complexity index is 744. The molecule has 2 nitrogen and oxygen atoms in total. The number of rotatable bonds is 0. The lowest BCUT2D eigenvalue weighted by Crippen LogP contribution is -1.99. The number of benzene rings is 2. The van der Waals surface area contributed by atoms with Crippen LogP contribution in [0.5, 0.6) is 0 Å². The number of halogens is 1. The molecule has 2 aromatic carbocycles. The monoisotopic (exact) mass is 322 g/mol. The summed E-state index contributed by atoms with van der Waals surface area (Å²) < 4.78 is 6.30. The van der Waals surface area contributed by atoms with Crippen molar-refractivity contribution in [3.05, 3.63) is 56.5 Å². The van der Waals surface area contributed by atoms with Crippen LogP contribution in [0.3, 0.4) is 0 Å². The Labute approximate surface area is 105 Å². The van der Waals surface area contributed by atoms with Crippen LogP contribution in [0, 0.1) is 3.57 Å². The van der Waals surface area contributed by atoms with Gasteiger partial charge in [-0.1, -0.05) is 30.3 Å². The molecule has 0 fully saturated rings. The molecule has 0 aliphatic carbocycles. The third-order valence-electron chi connectivity index (χ3n) is 2.60. The number of hydrogen-bond donors (Lipinski definition) is 0. The number of para-hydroxylation sites is 1. The highest BCUT2D eigenvalue weighted by Gasteiger charge is 2.07. The molecular weight excluding hydrogens is 315 g/mol. The van der Waals surface area contributed by atoms with Gasteiger partial charge in [-0.2, -0.15) is 0 Å². The van der Waals surface area contributed by atoms with E-state index in [1.165, 1.54) is 0 Å². The molecule has 0 aliphatic heterocycles. The molecule has 0 N–H and O–H groups in total. The first-order valence-corrected chi connectivity index (χ1v) is 5.95. The summed E-state index contributed by atoms with van der Waals surface area (Å²) in [6.45, 7) is 0. The molecular formula is C13H7IO2. The molecule has 0 saturated heterocycles. The molecule has 0 saturated carbocycles. The molecule has 78 valence electrons. The maximum atomic E-state index is 11.8. The molecule has 0 atom stereocenters. The predicted molar refractivity (Wildman–Crippen MR) is 72.7 cm³/mol. The fourth-order valence-corrected chi connectivity index (χ4v) is 2.48. The van der Waals surface area contributed by atoms with E-state index in [9.17, 15) is 4.79 Å². The van der Waals surface area contributed by atoms with Gasteiger partial charge in [0.15, 0.2) is 5.58 Å². The van der Waals surface area contributed by atoms with E-state index >= 15 is 0 Å². The van der Waals surface area contributed by atoms with Crippen molar-refractivity contribution < 1.29 is 4.42 Å². The van der Waals surface area contributed by atoms with Crippen LogP contribution in [0.25, 0.3) is 21.7 Å². The lowest BCUT2D eigenvalue weighted by atomic mass is 10.1. The lowest BCUT2D eigenvalue weighted by molar-refractivity contribution is 0.568. The van der Waals surface area contributed by atoms with Crippen LogP contribution in [0.15, 0.2) is 51.7 Å². The first kappa shape index (κ1) is 9.84. The molecule has 0 unspecified atom stereocenters. The van der Waals surface area contributed by atoms with Gasteiger partial charge in [0.25, 0.3) is 0 Å². The van der Waals surface area contributed by atoms with Crippen molar-refractivity contribution in [1.82, 2.24) is 0 Å². The summed E-state index contributed by atoms with van der Waals surface area (Å²) in [4.78, 5) is 11.8. The van der Waals surface area contributed by atoms with Crippen LogP contribution in [0.4, 0.5) is 0 Å². The van der Waals surface area contributed by atoms with Crippen LogP contribution in [0.2, 0.25) is 0 Å². The summed E-state index contributed by atoms with van der Waals surface area (Å²) >= 11 is 2.17. The smallest absolute Gasteiger partial charge is 0.344 e. The van der Waals surface area contributed by atoms with Gasteiger partial charge in [-0.05, 0) is 40.1 Å². The van der Waals surface area contributed by atoms with Crippen molar-refractivity contribution in [1.29, 1.82) is 0 Å². The van der Waals surface area contributed by atoms with E-state index in [4.69, 9.17) is 4.42 Å². The van der Waals surface area contributed by atoms with Gasteiger partial charge in [-0.25, -0.2) is 4.79 Å². The summed E-state index contributed by atoms with van der Waals surface area (Å²) in [7, 11) is 0. The summed E-state index contributed by atoms with van der Waals surface area (Å²) in [6, 6.07) is 13.4. The highest BCUT2D eigenvalue weighted by Crippen LogP contribution is 2.25. The number of hydrogen-bond acceptors (Lipinski definition) is 2. The first-order chi connectivity index (χ1) is 7.77. The third-order valence-corrected chi connectivity index (χ3v) is 3.45. The second-order valence-electron chi connectivity index (χ2n) is 3.55. The van der Waals surface area contributed by atoms with Crippen LogP contribution in [0.1, 0.15) is 0 Å². The maximum absolute atomic E-state index is 11.8. The minimum Gasteiger partial charge on any atom is -0.421 e. The average Bonchev–Trinajstić information content (AvgIpc) is 2.31. The van der Waals surface area contributed by atoms with Gasteiger partial charge in [0.1, 0.15) is 0 Å². The second-order valence-corrected chi connectivity index (χ2v) is 4.71. The van der Waals surface area contributed by atoms with Gasteiger partial charge >= 0.3 is 5.63 Å². The molecule has 0 radical (unpaired) electrons. The van der Waals surface area contributed by atoms with Crippen molar-refractivity contribution in [2.45, 2.75) is 0 Å². The Morgan fingerprint density at radius 3 is 2.38 bits per heavy atom. The van der Waals surface area contributed by atoms with Gasteiger partial charge in [-0.3, -0.25) is 0 Å². The van der Waals surface area contributed by atoms with Gasteiger partial charge in [0.05, 0.1) is 8.96 Å². The molecule has 3 rings (SSSR count). The lowest BCUT2D eigenvalue weighted by Gasteiger charge is -2.02. The third kappa shape index (κ3) is 1.35. The van der Waals surface area contributed by atoms with E-state index in [0.29, 0.717) is 11.0 Å². The SMILES string of the molecule is O=c1oc2c(I)cccc2c2ccccc12. The highest BCUT2D eigenvalue weighted by atomic mass is 127. The molecule has 1 aromatic heterocycles. The van der Waals surface area contributed by atoms with E-state index in [1.54, 1.807) is 6.07 Å². The number of fused-ring (bicyclic) bond motifs is 3.